The quantitative estimate of drug-likeness (QED) is 0.0186. The van der Waals surface area contributed by atoms with Gasteiger partial charge < -0.3 is 111 Å². The van der Waals surface area contributed by atoms with Crippen molar-refractivity contribution >= 4 is 86.9 Å². The second-order valence-electron chi connectivity index (χ2n) is 31.1. The fourth-order valence-electron chi connectivity index (χ4n) is 11.8. The van der Waals surface area contributed by atoms with Crippen LogP contribution in [0.15, 0.2) is 271 Å². The molecule has 8 unspecified atom stereocenters. The monoisotopic (exact) mass is 1890 g/mol. The van der Waals surface area contributed by atoms with Crippen molar-refractivity contribution in [2.45, 2.75) is 154 Å². The fraction of sp³-hybridized carbons (Fsp3) is 0.250. The van der Waals surface area contributed by atoms with Crippen LogP contribution in [0.2, 0.25) is 5.02 Å². The van der Waals surface area contributed by atoms with Crippen molar-refractivity contribution in [3.05, 3.63) is 343 Å². The molecule has 11 rings (SSSR count). The lowest BCUT2D eigenvalue weighted by Crippen LogP contribution is -2.16. The maximum atomic E-state index is 10.8. The number of rotatable bonds is 32. The zero-order valence-corrected chi connectivity index (χ0v) is 76.8. The van der Waals surface area contributed by atoms with Gasteiger partial charge >= 0.3 is 47.8 Å². The Morgan fingerprint density at radius 3 is 0.939 bits per heavy atom. The lowest BCUT2D eigenvalue weighted by atomic mass is 9.86. The summed E-state index contributed by atoms with van der Waals surface area (Å²) in [5.41, 5.74) is 57.6. The van der Waals surface area contributed by atoms with Crippen LogP contribution in [-0.4, -0.2) is 102 Å². The SMILES string of the molecule is CC(=O)Nc1ccc(C(N)CC(=O)O)cc1.CC(C)(C)c1ccc(C(N)CC(=O)O)cc1.COc1ccc(C(N)CC(=O)O)cc1C.Cc1ccc(Oc2cccc(C(N)CC(=O)O)c2)cc1.Cc1cccc(C(N)CC(=O)O)c1.NC(CC(=O)O)c1ccc(Br)cc1.NC(CC(=O)O)c1ccc(Oc2ccccc2)cc1.NC(CC(=O)O)c1cccc(Oc2ccc(Cl)cc2)c1. The first-order valence-electron chi connectivity index (χ1n) is 41.2. The Labute approximate surface area is 780 Å². The highest BCUT2D eigenvalue weighted by Crippen LogP contribution is 2.32. The normalized spacial score (nSPS) is 12.2. The van der Waals surface area contributed by atoms with E-state index in [0.29, 0.717) is 33.7 Å². The van der Waals surface area contributed by atoms with Gasteiger partial charge in [0.05, 0.1) is 58.5 Å². The van der Waals surface area contributed by atoms with Crippen LogP contribution in [0.1, 0.15) is 194 Å². The second-order valence-corrected chi connectivity index (χ2v) is 32.5. The van der Waals surface area contributed by atoms with Crippen LogP contribution in [0.3, 0.4) is 0 Å². The van der Waals surface area contributed by atoms with Crippen molar-refractivity contribution < 1.29 is 103 Å². The van der Waals surface area contributed by atoms with Crippen LogP contribution in [0, 0.1) is 20.8 Å². The largest absolute Gasteiger partial charge is 0.496 e. The van der Waals surface area contributed by atoms with Crippen molar-refractivity contribution in [3.63, 3.8) is 0 Å². The van der Waals surface area contributed by atoms with Crippen LogP contribution < -0.4 is 70.1 Å². The van der Waals surface area contributed by atoms with Gasteiger partial charge in [-0.25, -0.2) is 0 Å². The molecule has 702 valence electrons. The minimum absolute atomic E-state index is 0.0244. The number of nitrogens with two attached hydrogens (primary N) is 8. The third-order valence-electron chi connectivity index (χ3n) is 18.8. The number of amides is 1. The number of anilines is 1. The van der Waals surface area contributed by atoms with Crippen LogP contribution in [0.25, 0.3) is 0 Å². The number of aryl methyl sites for hydroxylation is 3. The summed E-state index contributed by atoms with van der Waals surface area (Å²) in [5, 5.41) is 72.3. The summed E-state index contributed by atoms with van der Waals surface area (Å²) in [6.45, 7) is 13.7. The molecular weight excluding hydrogens is 1780 g/mol. The number of carboxylic acids is 8. The molecule has 11 aromatic rings. The van der Waals surface area contributed by atoms with E-state index in [1.807, 2.05) is 160 Å². The Bertz CT molecular complexity index is 5340. The van der Waals surface area contributed by atoms with Crippen molar-refractivity contribution in [3.8, 4) is 40.2 Å². The maximum Gasteiger partial charge on any atom is 0.305 e. The van der Waals surface area contributed by atoms with Gasteiger partial charge in [0.2, 0.25) is 5.91 Å². The molecule has 30 nitrogen and oxygen atoms in total. The second kappa shape index (κ2) is 57.4. The predicted octanol–water partition coefficient (Wildman–Crippen LogP) is 18.3. The van der Waals surface area contributed by atoms with Gasteiger partial charge in [0.25, 0.3) is 0 Å². The predicted molar refractivity (Wildman–Crippen MR) is 511 cm³/mol. The molecule has 8 atom stereocenters. The Kier molecular flexibility index (Phi) is 48.1. The average molecular weight is 1900 g/mol. The number of halogens is 2. The Morgan fingerprint density at radius 2 is 0.606 bits per heavy atom. The van der Waals surface area contributed by atoms with Gasteiger partial charge in [-0.05, 0) is 197 Å². The summed E-state index contributed by atoms with van der Waals surface area (Å²) in [5.74, 6) is -2.48. The first kappa shape index (κ1) is 111. The number of carbonyl (C=O) groups is 9. The number of carboxylic acid groups (broad SMARTS) is 8. The first-order chi connectivity index (χ1) is 62.2. The summed E-state index contributed by atoms with van der Waals surface area (Å²) in [4.78, 5) is 94.9. The van der Waals surface area contributed by atoms with Crippen LogP contribution in [-0.2, 0) is 48.6 Å². The van der Waals surface area contributed by atoms with E-state index in [-0.39, 0.29) is 62.7 Å². The van der Waals surface area contributed by atoms with Gasteiger partial charge in [0, 0.05) is 70.4 Å². The summed E-state index contributed by atoms with van der Waals surface area (Å²) in [7, 11) is 1.60. The molecule has 0 saturated carbocycles. The van der Waals surface area contributed by atoms with Crippen LogP contribution >= 0.6 is 27.5 Å². The highest BCUT2D eigenvalue weighted by Gasteiger charge is 2.20. The highest BCUT2D eigenvalue weighted by molar-refractivity contribution is 9.10. The molecule has 0 heterocycles. The molecule has 0 aliphatic rings. The van der Waals surface area contributed by atoms with E-state index in [1.54, 1.807) is 135 Å². The molecule has 0 radical (unpaired) electrons. The highest BCUT2D eigenvalue weighted by atomic mass is 79.9. The van der Waals surface area contributed by atoms with Gasteiger partial charge in [-0.3, -0.25) is 43.2 Å². The molecule has 0 aliphatic carbocycles. The molecule has 0 aromatic heterocycles. The maximum absolute atomic E-state index is 10.8. The minimum Gasteiger partial charge on any atom is -0.496 e. The van der Waals surface area contributed by atoms with Gasteiger partial charge in [-0.2, -0.15) is 0 Å². The number of carbonyl (C=O) groups excluding carboxylic acids is 1. The van der Waals surface area contributed by atoms with E-state index in [0.717, 1.165) is 82.9 Å². The van der Waals surface area contributed by atoms with Crippen molar-refractivity contribution in [1.82, 2.24) is 0 Å². The van der Waals surface area contributed by atoms with Crippen molar-refractivity contribution in [2.75, 3.05) is 12.4 Å². The van der Waals surface area contributed by atoms with E-state index in [2.05, 4.69) is 42.0 Å². The van der Waals surface area contributed by atoms with E-state index >= 15 is 0 Å². The lowest BCUT2D eigenvalue weighted by molar-refractivity contribution is -0.138. The molecule has 0 aliphatic heterocycles. The topological polar surface area (TPSA) is 573 Å². The molecule has 25 N–H and O–H groups in total. The number of ether oxygens (including phenoxy) is 4. The summed E-state index contributed by atoms with van der Waals surface area (Å²) < 4.78 is 23.1. The average Bonchev–Trinajstić information content (AvgIpc) is 0.992. The number of hydrogen-bond donors (Lipinski definition) is 17. The van der Waals surface area contributed by atoms with Crippen LogP contribution in [0.4, 0.5) is 5.69 Å². The summed E-state index contributed by atoms with van der Waals surface area (Å²) in [6, 6.07) is 76.7. The van der Waals surface area contributed by atoms with Crippen LogP contribution in [0.5, 0.6) is 40.2 Å². The fourth-order valence-corrected chi connectivity index (χ4v) is 12.2. The Hall–Kier alpha value is -13.7. The molecule has 1 amide bonds. The molecule has 32 heteroatoms. The molecular formula is C100H117BrClN9O21. The Balaban J connectivity index is 0.000000317. The third-order valence-corrected chi connectivity index (χ3v) is 19.6. The number of benzene rings is 11. The Morgan fingerprint density at radius 1 is 0.326 bits per heavy atom. The summed E-state index contributed by atoms with van der Waals surface area (Å²) in [6.07, 6.45) is -0.581. The van der Waals surface area contributed by atoms with Gasteiger partial charge in [0.1, 0.15) is 40.2 Å². The number of hydrogen-bond acceptors (Lipinski definition) is 21. The molecule has 0 bridgehead atoms. The standard InChI is InChI=1S/C16H17NO3.C15H14ClNO3.C15H15NO3.C13H19NO2.C11H14N2O3.C11H15NO3.C10H13NO2.C9H10BrNO2/c1-11-5-7-13(8-6-11)20-14-4-2-3-12(9-14)15(17)10-16(18)19;16-11-4-6-12(7-5-11)20-13-3-1-2-10(8-13)14(17)9-15(18)19;16-14(10-15(17)18)11-6-8-13(9-7-11)19-12-4-2-1-3-5-12;1-13(2,3)10-6-4-9(5-7-10)11(14)8-12(15)16;1-7(14)13-9-4-2-8(3-5-9)10(12)6-11(15)16;1-7-5-8(3-4-10(7)15-2)9(12)6-11(13)14;1-7-3-2-4-8(5-7)9(11)6-10(12)13;10-7-3-1-6(2-4-7)8(11)5-9(12)13/h2-9,15H,10,17H2,1H3,(H,18,19);1-8,14H,9,17H2,(H,18,19);1-9,14H,10,16H2,(H,17,18);4-7,11H,8,14H2,1-3H3,(H,15,16);2-5,10H,6,12H2,1H3,(H,13,14)(H,15,16);3-5,9H,6,12H2,1-2H3,(H,13,14);2-5,9H,6,11H2,1H3,(H,12,13);1-4,8H,5,11H2,(H,12,13). The molecule has 0 fully saturated rings. The number of para-hydroxylation sites is 1. The molecule has 0 saturated heterocycles. The van der Waals surface area contributed by atoms with E-state index in [1.165, 1.54) is 12.5 Å². The zero-order chi connectivity index (χ0) is 98.3. The van der Waals surface area contributed by atoms with E-state index in [4.69, 9.17) is 117 Å². The van der Waals surface area contributed by atoms with Crippen molar-refractivity contribution in [1.29, 1.82) is 0 Å². The summed E-state index contributed by atoms with van der Waals surface area (Å²) >= 11 is 9.09. The number of methoxy groups -OCH3 is 1. The zero-order valence-electron chi connectivity index (χ0n) is 74.4. The molecule has 132 heavy (non-hydrogen) atoms. The minimum atomic E-state index is -0.932. The van der Waals surface area contributed by atoms with E-state index in [9.17, 15) is 43.2 Å². The van der Waals surface area contributed by atoms with Crippen molar-refractivity contribution in [2.24, 2.45) is 45.9 Å². The van der Waals surface area contributed by atoms with E-state index < -0.39 is 96.1 Å². The van der Waals surface area contributed by atoms with Gasteiger partial charge in [0.15, 0.2) is 0 Å². The van der Waals surface area contributed by atoms with Gasteiger partial charge in [-0.15, -0.1) is 0 Å². The van der Waals surface area contributed by atoms with Gasteiger partial charge in [-0.1, -0.05) is 211 Å². The third kappa shape index (κ3) is 45.0. The first-order valence-corrected chi connectivity index (χ1v) is 42.4. The number of aliphatic carboxylic acids is 8. The number of nitrogens with one attached hydrogen (secondary N) is 1. The lowest BCUT2D eigenvalue weighted by Gasteiger charge is -2.20. The molecule has 0 spiro atoms. The smallest absolute Gasteiger partial charge is 0.305 e. The molecule has 11 aromatic carbocycles.